The van der Waals surface area contributed by atoms with Crippen molar-refractivity contribution < 1.29 is 13.9 Å². The molecule has 1 aromatic carbocycles. The Morgan fingerprint density at radius 3 is 2.74 bits per heavy atom. The third kappa shape index (κ3) is 2.31. The number of rotatable bonds is 4. The third-order valence-electron chi connectivity index (χ3n) is 4.81. The van der Waals surface area contributed by atoms with Crippen LogP contribution >= 0.6 is 23.2 Å². The molecule has 0 bridgehead atoms. The molecule has 2 fully saturated rings. The number of alkyl halides is 1. The molecule has 2 saturated carbocycles. The van der Waals surface area contributed by atoms with Crippen LogP contribution in [0.15, 0.2) is 18.2 Å². The van der Waals surface area contributed by atoms with E-state index >= 15 is 0 Å². The van der Waals surface area contributed by atoms with Gasteiger partial charge >= 0.3 is 0 Å². The van der Waals surface area contributed by atoms with E-state index in [1.165, 1.54) is 0 Å². The lowest BCUT2D eigenvalue weighted by Crippen LogP contribution is -2.54. The summed E-state index contributed by atoms with van der Waals surface area (Å²) in [5.41, 5.74) is 8.10. The molecular formula is C15H14Cl2FN3O2. The molecule has 3 rings (SSSR count). The van der Waals surface area contributed by atoms with Crippen LogP contribution < -0.4 is 11.5 Å². The summed E-state index contributed by atoms with van der Waals surface area (Å²) in [5, 5.41) is 10.2. The van der Waals surface area contributed by atoms with E-state index in [2.05, 4.69) is 0 Å². The van der Waals surface area contributed by atoms with Gasteiger partial charge in [-0.25, -0.2) is 4.39 Å². The Morgan fingerprint density at radius 1 is 1.48 bits per heavy atom. The Balaban J connectivity index is 1.72. The highest BCUT2D eigenvalue weighted by Crippen LogP contribution is 2.66. The molecule has 122 valence electrons. The number of nitrogens with zero attached hydrogens (tertiary/aromatic N) is 1. The maximum absolute atomic E-state index is 14.5. The van der Waals surface area contributed by atoms with E-state index in [-0.39, 0.29) is 13.0 Å². The maximum Gasteiger partial charge on any atom is 0.255 e. The number of nitrogens with two attached hydrogens (primary N) is 2. The van der Waals surface area contributed by atoms with Gasteiger partial charge < -0.3 is 16.2 Å². The number of ether oxygens (including phenoxy) is 1. The van der Waals surface area contributed by atoms with Crippen LogP contribution in [0.4, 0.5) is 4.39 Å². The lowest BCUT2D eigenvalue weighted by atomic mass is 9.89. The molecule has 8 heteroatoms. The van der Waals surface area contributed by atoms with Gasteiger partial charge in [0.25, 0.3) is 5.91 Å². The summed E-state index contributed by atoms with van der Waals surface area (Å²) in [7, 11) is 0. The summed E-state index contributed by atoms with van der Waals surface area (Å²) in [4.78, 5) is 11.3. The number of benzene rings is 1. The molecule has 0 saturated heterocycles. The Kier molecular flexibility index (Phi) is 3.81. The molecule has 0 spiro atoms. The Morgan fingerprint density at radius 2 is 2.17 bits per heavy atom. The van der Waals surface area contributed by atoms with Crippen LogP contribution in [0.3, 0.4) is 0 Å². The van der Waals surface area contributed by atoms with Gasteiger partial charge in [-0.05, 0) is 24.1 Å². The number of fused-ring (bicyclic) bond motifs is 1. The second kappa shape index (κ2) is 5.32. The molecule has 2 aliphatic rings. The van der Waals surface area contributed by atoms with E-state index in [0.717, 1.165) is 5.56 Å². The largest absolute Gasteiger partial charge is 0.370 e. The van der Waals surface area contributed by atoms with Gasteiger partial charge in [0.2, 0.25) is 0 Å². The first-order chi connectivity index (χ1) is 10.7. The number of primary amides is 1. The second-order valence-electron chi connectivity index (χ2n) is 6.05. The number of carbonyl (C=O) groups is 1. The minimum absolute atomic E-state index is 0.150. The molecule has 4 N–H and O–H groups in total. The SMILES string of the molecule is N#C[C@@]1(N)[C@H]2C(C[C@H]1OCc1ccc(Cl)c(Cl)c1)[C@]2(F)C(N)=O. The maximum atomic E-state index is 14.5. The average Bonchev–Trinajstić information content (AvgIpc) is 2.99. The van der Waals surface area contributed by atoms with Crippen molar-refractivity contribution in [3.63, 3.8) is 0 Å². The van der Waals surface area contributed by atoms with E-state index in [4.69, 9.17) is 39.4 Å². The Labute approximate surface area is 142 Å². The fourth-order valence-corrected chi connectivity index (χ4v) is 3.87. The van der Waals surface area contributed by atoms with Crippen molar-refractivity contribution in [1.82, 2.24) is 0 Å². The van der Waals surface area contributed by atoms with E-state index in [0.29, 0.717) is 10.0 Å². The number of hydrogen-bond acceptors (Lipinski definition) is 4. The number of halogens is 3. The van der Waals surface area contributed by atoms with Gasteiger partial charge in [-0.2, -0.15) is 5.26 Å². The van der Waals surface area contributed by atoms with Gasteiger partial charge in [0.15, 0.2) is 5.67 Å². The van der Waals surface area contributed by atoms with Crippen molar-refractivity contribution in [3.8, 4) is 6.07 Å². The highest BCUT2D eigenvalue weighted by atomic mass is 35.5. The smallest absolute Gasteiger partial charge is 0.255 e. The minimum Gasteiger partial charge on any atom is -0.370 e. The molecule has 23 heavy (non-hydrogen) atoms. The quantitative estimate of drug-likeness (QED) is 0.859. The van der Waals surface area contributed by atoms with E-state index in [1.807, 2.05) is 6.07 Å². The van der Waals surface area contributed by atoms with Crippen LogP contribution in [-0.2, 0) is 16.1 Å². The standard InChI is InChI=1S/C15H14Cl2FN3O2/c16-9-2-1-7(3-10(9)17)5-23-11-4-8-12(14(11,21)6-19)15(8,18)13(20)22/h1-3,8,11-12H,4-5,21H2,(H2,20,22)/t8?,11-,12-,14+,15-/m1/s1. The molecule has 1 unspecified atom stereocenters. The zero-order valence-corrected chi connectivity index (χ0v) is 13.4. The Bertz CT molecular complexity index is 725. The molecule has 1 aromatic rings. The first-order valence-corrected chi connectivity index (χ1v) is 7.75. The number of carbonyl (C=O) groups excluding carboxylic acids is 1. The van der Waals surface area contributed by atoms with Gasteiger partial charge in [-0.15, -0.1) is 0 Å². The second-order valence-corrected chi connectivity index (χ2v) is 6.86. The first-order valence-electron chi connectivity index (χ1n) is 6.99. The van der Waals surface area contributed by atoms with Crippen LogP contribution in [0.25, 0.3) is 0 Å². The van der Waals surface area contributed by atoms with Crippen molar-refractivity contribution in [2.45, 2.75) is 30.3 Å². The number of amides is 1. The molecule has 0 aromatic heterocycles. The molecule has 1 amide bonds. The van der Waals surface area contributed by atoms with Crippen molar-refractivity contribution in [3.05, 3.63) is 33.8 Å². The molecule has 0 heterocycles. The van der Waals surface area contributed by atoms with Gasteiger partial charge in [-0.1, -0.05) is 29.3 Å². The Hall–Kier alpha value is -1.39. The highest BCUT2D eigenvalue weighted by molar-refractivity contribution is 6.42. The van der Waals surface area contributed by atoms with Gasteiger partial charge in [-0.3, -0.25) is 4.79 Å². The lowest BCUT2D eigenvalue weighted by Gasteiger charge is -2.29. The number of nitriles is 1. The van der Waals surface area contributed by atoms with Crippen molar-refractivity contribution in [2.24, 2.45) is 23.3 Å². The van der Waals surface area contributed by atoms with E-state index in [9.17, 15) is 14.4 Å². The lowest BCUT2D eigenvalue weighted by molar-refractivity contribution is -0.127. The van der Waals surface area contributed by atoms with Crippen LogP contribution in [-0.4, -0.2) is 23.2 Å². The summed E-state index contributed by atoms with van der Waals surface area (Å²) < 4.78 is 20.2. The fraction of sp³-hybridized carbons (Fsp3) is 0.467. The molecule has 5 atom stereocenters. The normalized spacial score (nSPS) is 38.0. The monoisotopic (exact) mass is 357 g/mol. The summed E-state index contributed by atoms with van der Waals surface area (Å²) >= 11 is 11.8. The van der Waals surface area contributed by atoms with E-state index in [1.54, 1.807) is 18.2 Å². The fourth-order valence-electron chi connectivity index (χ4n) is 3.55. The van der Waals surface area contributed by atoms with Crippen LogP contribution in [0, 0.1) is 23.2 Å². The molecule has 5 nitrogen and oxygen atoms in total. The third-order valence-corrected chi connectivity index (χ3v) is 5.55. The summed E-state index contributed by atoms with van der Waals surface area (Å²) in [6, 6.07) is 6.92. The molecular weight excluding hydrogens is 344 g/mol. The van der Waals surface area contributed by atoms with Crippen molar-refractivity contribution >= 4 is 29.1 Å². The summed E-state index contributed by atoms with van der Waals surface area (Å²) in [5.74, 6) is -2.65. The predicted octanol–water partition coefficient (Wildman–Crippen LogP) is 1.94. The van der Waals surface area contributed by atoms with Gasteiger partial charge in [0, 0.05) is 11.8 Å². The predicted molar refractivity (Wildman–Crippen MR) is 82.2 cm³/mol. The molecule has 0 aliphatic heterocycles. The first kappa shape index (κ1) is 16.5. The highest BCUT2D eigenvalue weighted by Gasteiger charge is 2.82. The van der Waals surface area contributed by atoms with Gasteiger partial charge in [0.05, 0.1) is 28.8 Å². The topological polar surface area (TPSA) is 102 Å². The van der Waals surface area contributed by atoms with Gasteiger partial charge in [0.1, 0.15) is 5.54 Å². The van der Waals surface area contributed by atoms with Crippen LogP contribution in [0.1, 0.15) is 12.0 Å². The summed E-state index contributed by atoms with van der Waals surface area (Å²) in [6.07, 6.45) is -0.504. The van der Waals surface area contributed by atoms with E-state index < -0.39 is 35.1 Å². The van der Waals surface area contributed by atoms with Crippen LogP contribution in [0.2, 0.25) is 10.0 Å². The minimum atomic E-state index is -2.20. The number of hydrogen-bond donors (Lipinski definition) is 2. The van der Waals surface area contributed by atoms with Crippen LogP contribution in [0.5, 0.6) is 0 Å². The average molecular weight is 358 g/mol. The molecule has 0 radical (unpaired) electrons. The zero-order chi connectivity index (χ0) is 17.0. The zero-order valence-electron chi connectivity index (χ0n) is 11.9. The van der Waals surface area contributed by atoms with Crippen molar-refractivity contribution in [1.29, 1.82) is 5.26 Å². The summed E-state index contributed by atoms with van der Waals surface area (Å²) in [6.45, 7) is 0.150. The molecule has 2 aliphatic carbocycles. The van der Waals surface area contributed by atoms with Crippen molar-refractivity contribution in [2.75, 3.05) is 0 Å².